The van der Waals surface area contributed by atoms with Gasteiger partial charge >= 0.3 is 0 Å². The molecule has 6 nitrogen and oxygen atoms in total. The molecule has 0 aromatic heterocycles. The van der Waals surface area contributed by atoms with Gasteiger partial charge in [0.05, 0.1) is 14.2 Å². The van der Waals surface area contributed by atoms with Crippen molar-refractivity contribution in [3.05, 3.63) is 23.8 Å². The van der Waals surface area contributed by atoms with Gasteiger partial charge in [-0.05, 0) is 44.0 Å². The van der Waals surface area contributed by atoms with Crippen molar-refractivity contribution in [3.8, 4) is 11.5 Å². The quantitative estimate of drug-likeness (QED) is 0.519. The Hall–Kier alpha value is -1.95. The molecule has 0 atom stereocenters. The minimum atomic E-state index is 0.750. The molecule has 1 fully saturated rings. The largest absolute Gasteiger partial charge is 0.493 e. The van der Waals surface area contributed by atoms with Gasteiger partial charge in [0, 0.05) is 39.8 Å². The zero-order chi connectivity index (χ0) is 20.4. The summed E-state index contributed by atoms with van der Waals surface area (Å²) < 4.78 is 10.7. The Bertz CT molecular complexity index is 615. The Morgan fingerprint density at radius 2 is 1.79 bits per heavy atom. The van der Waals surface area contributed by atoms with Crippen molar-refractivity contribution >= 4 is 5.96 Å². The summed E-state index contributed by atoms with van der Waals surface area (Å²) in [6, 6.07) is 6.84. The Kier molecular flexibility index (Phi) is 9.41. The Morgan fingerprint density at radius 3 is 2.43 bits per heavy atom. The summed E-state index contributed by atoms with van der Waals surface area (Å²) in [6.45, 7) is 2.85. The number of aliphatic imine (C=N–C) groups is 1. The molecule has 0 amide bonds. The Labute approximate surface area is 170 Å². The summed E-state index contributed by atoms with van der Waals surface area (Å²) in [7, 11) is 9.51. The summed E-state index contributed by atoms with van der Waals surface area (Å²) in [5.41, 5.74) is 1.22. The molecular weight excluding hydrogens is 352 g/mol. The van der Waals surface area contributed by atoms with Gasteiger partial charge in [-0.15, -0.1) is 0 Å². The van der Waals surface area contributed by atoms with Crippen LogP contribution in [0.5, 0.6) is 11.5 Å². The van der Waals surface area contributed by atoms with Crippen molar-refractivity contribution in [2.24, 2.45) is 4.99 Å². The summed E-state index contributed by atoms with van der Waals surface area (Å²) in [6.07, 6.45) is 7.76. The van der Waals surface area contributed by atoms with Gasteiger partial charge in [0.25, 0.3) is 0 Å². The predicted molar refractivity (Wildman–Crippen MR) is 117 cm³/mol. The Morgan fingerprint density at radius 1 is 1.07 bits per heavy atom. The number of benzene rings is 1. The van der Waals surface area contributed by atoms with Crippen LogP contribution in [0.15, 0.2) is 23.2 Å². The number of ether oxygens (including phenoxy) is 2. The first-order chi connectivity index (χ1) is 13.6. The van der Waals surface area contributed by atoms with Crippen molar-refractivity contribution in [1.29, 1.82) is 0 Å². The van der Waals surface area contributed by atoms with Crippen molar-refractivity contribution in [2.75, 3.05) is 55.0 Å². The van der Waals surface area contributed by atoms with E-state index in [4.69, 9.17) is 9.47 Å². The van der Waals surface area contributed by atoms with Gasteiger partial charge < -0.3 is 24.6 Å². The lowest BCUT2D eigenvalue weighted by Crippen LogP contribution is -2.44. The van der Waals surface area contributed by atoms with Gasteiger partial charge in [0.2, 0.25) is 0 Å². The van der Waals surface area contributed by atoms with Gasteiger partial charge in [-0.3, -0.25) is 4.99 Å². The summed E-state index contributed by atoms with van der Waals surface area (Å²) in [4.78, 5) is 9.12. The first kappa shape index (κ1) is 22.3. The first-order valence-electron chi connectivity index (χ1n) is 10.4. The van der Waals surface area contributed by atoms with Crippen LogP contribution >= 0.6 is 0 Å². The minimum Gasteiger partial charge on any atom is -0.493 e. The minimum absolute atomic E-state index is 0.750. The molecule has 2 rings (SSSR count). The SMILES string of the molecule is CN=C(NCCN(C)C1CCCCC1)N(C)CCc1ccc(OC)c(OC)c1. The fourth-order valence-electron chi connectivity index (χ4n) is 3.87. The number of hydrogen-bond donors (Lipinski definition) is 1. The van der Waals surface area contributed by atoms with Gasteiger partial charge in [-0.25, -0.2) is 0 Å². The third-order valence-electron chi connectivity index (χ3n) is 5.70. The number of hydrogen-bond acceptors (Lipinski definition) is 4. The zero-order valence-electron chi connectivity index (χ0n) is 18.3. The number of methoxy groups -OCH3 is 2. The monoisotopic (exact) mass is 390 g/mol. The van der Waals surface area contributed by atoms with Crippen LogP contribution in [-0.4, -0.2) is 76.8 Å². The van der Waals surface area contributed by atoms with Crippen molar-refractivity contribution in [2.45, 2.75) is 44.6 Å². The van der Waals surface area contributed by atoms with Crippen molar-refractivity contribution < 1.29 is 9.47 Å². The highest BCUT2D eigenvalue weighted by molar-refractivity contribution is 5.79. The van der Waals surface area contributed by atoms with Crippen molar-refractivity contribution in [1.82, 2.24) is 15.1 Å². The van der Waals surface area contributed by atoms with Crippen LogP contribution in [0.1, 0.15) is 37.7 Å². The molecule has 158 valence electrons. The molecule has 1 saturated carbocycles. The van der Waals surface area contributed by atoms with E-state index in [1.165, 1.54) is 37.7 Å². The van der Waals surface area contributed by atoms with E-state index in [1.807, 2.05) is 19.2 Å². The molecule has 1 N–H and O–H groups in total. The summed E-state index contributed by atoms with van der Waals surface area (Å²) in [5.74, 6) is 2.48. The number of guanidine groups is 1. The molecule has 0 spiro atoms. The van der Waals surface area contributed by atoms with Gasteiger partial charge in [0.15, 0.2) is 17.5 Å². The smallest absolute Gasteiger partial charge is 0.193 e. The molecule has 28 heavy (non-hydrogen) atoms. The van der Waals surface area contributed by atoms with Gasteiger partial charge in [-0.1, -0.05) is 25.3 Å². The Balaban J connectivity index is 1.77. The van der Waals surface area contributed by atoms with Crippen molar-refractivity contribution in [3.63, 3.8) is 0 Å². The number of nitrogens with zero attached hydrogens (tertiary/aromatic N) is 3. The maximum absolute atomic E-state index is 5.40. The van der Waals surface area contributed by atoms with Gasteiger partial charge in [-0.2, -0.15) is 0 Å². The molecule has 1 aromatic carbocycles. The van der Waals surface area contributed by atoms with Crippen LogP contribution in [0, 0.1) is 0 Å². The zero-order valence-corrected chi connectivity index (χ0v) is 18.3. The van der Waals surface area contributed by atoms with E-state index in [2.05, 4.69) is 40.3 Å². The third-order valence-corrected chi connectivity index (χ3v) is 5.70. The van der Waals surface area contributed by atoms with Gasteiger partial charge in [0.1, 0.15) is 0 Å². The number of likely N-dealkylation sites (N-methyl/N-ethyl adjacent to an activating group) is 2. The second kappa shape index (κ2) is 11.8. The maximum Gasteiger partial charge on any atom is 0.193 e. The fourth-order valence-corrected chi connectivity index (χ4v) is 3.87. The molecular formula is C22H38N4O2. The molecule has 1 aliphatic rings. The maximum atomic E-state index is 5.40. The molecule has 0 heterocycles. The van der Waals surface area contributed by atoms with E-state index in [0.29, 0.717) is 0 Å². The molecule has 0 aliphatic heterocycles. The molecule has 1 aromatic rings. The molecule has 0 bridgehead atoms. The highest BCUT2D eigenvalue weighted by Crippen LogP contribution is 2.27. The molecule has 0 radical (unpaired) electrons. The second-order valence-electron chi connectivity index (χ2n) is 7.61. The number of rotatable bonds is 9. The number of nitrogens with one attached hydrogen (secondary N) is 1. The van der Waals surface area contributed by atoms with Crippen LogP contribution in [0.2, 0.25) is 0 Å². The predicted octanol–water partition coefficient (Wildman–Crippen LogP) is 3.02. The lowest BCUT2D eigenvalue weighted by molar-refractivity contribution is 0.194. The fraction of sp³-hybridized carbons (Fsp3) is 0.682. The topological polar surface area (TPSA) is 49.3 Å². The van der Waals surface area contributed by atoms with Crippen LogP contribution in [0.25, 0.3) is 0 Å². The van der Waals surface area contributed by atoms with E-state index in [0.717, 1.165) is 49.6 Å². The van der Waals surface area contributed by atoms with Crippen LogP contribution in [-0.2, 0) is 6.42 Å². The average Bonchev–Trinajstić information content (AvgIpc) is 2.75. The van der Waals surface area contributed by atoms with E-state index in [-0.39, 0.29) is 0 Å². The third kappa shape index (κ3) is 6.59. The summed E-state index contributed by atoms with van der Waals surface area (Å²) >= 11 is 0. The average molecular weight is 391 g/mol. The summed E-state index contributed by atoms with van der Waals surface area (Å²) in [5, 5.41) is 3.51. The van der Waals surface area contributed by atoms with Crippen LogP contribution < -0.4 is 14.8 Å². The highest BCUT2D eigenvalue weighted by Gasteiger charge is 2.17. The van der Waals surface area contributed by atoms with E-state index in [9.17, 15) is 0 Å². The normalized spacial score (nSPS) is 15.6. The lowest BCUT2D eigenvalue weighted by atomic mass is 9.94. The molecule has 1 aliphatic carbocycles. The standard InChI is InChI=1S/C22H38N4O2/c1-23-22(24-14-16-25(2)19-9-7-6-8-10-19)26(3)15-13-18-11-12-20(27-4)21(17-18)28-5/h11-12,17,19H,6-10,13-16H2,1-5H3,(H,23,24). The van der Waals surface area contributed by atoms with E-state index >= 15 is 0 Å². The molecule has 0 unspecified atom stereocenters. The molecule has 0 saturated heterocycles. The highest BCUT2D eigenvalue weighted by atomic mass is 16.5. The lowest BCUT2D eigenvalue weighted by Gasteiger charge is -2.31. The first-order valence-corrected chi connectivity index (χ1v) is 10.4. The van der Waals surface area contributed by atoms with E-state index < -0.39 is 0 Å². The van der Waals surface area contributed by atoms with E-state index in [1.54, 1.807) is 14.2 Å². The second-order valence-corrected chi connectivity index (χ2v) is 7.61. The van der Waals surface area contributed by atoms with Crippen LogP contribution in [0.3, 0.4) is 0 Å². The molecule has 6 heteroatoms. The van der Waals surface area contributed by atoms with Crippen LogP contribution in [0.4, 0.5) is 0 Å².